The molecule has 0 aliphatic carbocycles. The minimum atomic E-state index is -4.50. The van der Waals surface area contributed by atoms with Gasteiger partial charge in [0.2, 0.25) is 5.91 Å². The van der Waals surface area contributed by atoms with Crippen molar-refractivity contribution in [1.29, 1.82) is 0 Å². The van der Waals surface area contributed by atoms with Gasteiger partial charge in [0.15, 0.2) is 0 Å². The second-order valence-corrected chi connectivity index (χ2v) is 6.57. The number of rotatable bonds is 6. The predicted octanol–water partition coefficient (Wildman–Crippen LogP) is 3.09. The number of methoxy groups -OCH3 is 1. The summed E-state index contributed by atoms with van der Waals surface area (Å²) in [6.45, 7) is 0. The Morgan fingerprint density at radius 3 is 2.53 bits per heavy atom. The summed E-state index contributed by atoms with van der Waals surface area (Å²) in [4.78, 5) is 33.2. The number of alkyl halides is 3. The van der Waals surface area contributed by atoms with Gasteiger partial charge < -0.3 is 10.1 Å². The number of aromatic nitrogens is 2. The first-order valence-electron chi connectivity index (χ1n) is 9.00. The van der Waals surface area contributed by atoms with Crippen molar-refractivity contribution in [2.45, 2.75) is 25.1 Å². The van der Waals surface area contributed by atoms with Crippen LogP contribution in [0.1, 0.15) is 16.8 Å². The molecule has 0 spiro atoms. The molecule has 1 amide bonds. The lowest BCUT2D eigenvalue weighted by molar-refractivity contribution is -0.145. The van der Waals surface area contributed by atoms with Crippen LogP contribution in [0.2, 0.25) is 0 Å². The second kappa shape index (κ2) is 8.89. The van der Waals surface area contributed by atoms with Gasteiger partial charge in [0.1, 0.15) is 6.04 Å². The number of amides is 1. The topological polar surface area (TPSA) is 81.2 Å². The zero-order valence-electron chi connectivity index (χ0n) is 15.9. The number of hydrogen-bond acceptors (Lipinski definition) is 5. The lowest BCUT2D eigenvalue weighted by Gasteiger charge is -2.16. The number of benzene rings is 2. The number of hydrogen-bond donors (Lipinski definition) is 1. The lowest BCUT2D eigenvalue weighted by Crippen LogP contribution is -2.43. The zero-order valence-corrected chi connectivity index (χ0v) is 15.9. The third-order valence-corrected chi connectivity index (χ3v) is 4.35. The summed E-state index contributed by atoms with van der Waals surface area (Å²) < 4.78 is 43.3. The molecular formula is C21H18F3N3O3. The summed E-state index contributed by atoms with van der Waals surface area (Å²) in [5.41, 5.74) is 1.11. The number of ether oxygens (including phenoxy) is 1. The van der Waals surface area contributed by atoms with Crippen LogP contribution in [-0.4, -0.2) is 35.0 Å². The van der Waals surface area contributed by atoms with E-state index in [2.05, 4.69) is 15.3 Å². The molecule has 1 heterocycles. The highest BCUT2D eigenvalue weighted by molar-refractivity contribution is 5.86. The molecule has 2 aromatic carbocycles. The molecule has 0 saturated heterocycles. The molecule has 1 aromatic heterocycles. The number of carbonyl (C=O) groups is 2. The molecule has 30 heavy (non-hydrogen) atoms. The van der Waals surface area contributed by atoms with Crippen LogP contribution >= 0.6 is 0 Å². The maximum atomic E-state index is 12.8. The summed E-state index contributed by atoms with van der Waals surface area (Å²) in [5.74, 6) is -1.30. The Morgan fingerprint density at radius 2 is 1.83 bits per heavy atom. The van der Waals surface area contributed by atoms with Gasteiger partial charge in [-0.3, -0.25) is 9.78 Å². The largest absolute Gasteiger partial charge is 0.467 e. The number of fused-ring (bicyclic) bond motifs is 1. The molecule has 0 fully saturated rings. The number of esters is 1. The molecule has 1 atom stereocenters. The van der Waals surface area contributed by atoms with E-state index in [1.54, 1.807) is 18.2 Å². The van der Waals surface area contributed by atoms with E-state index in [0.29, 0.717) is 16.7 Å². The van der Waals surface area contributed by atoms with Crippen molar-refractivity contribution in [2.75, 3.05) is 7.11 Å². The van der Waals surface area contributed by atoms with Crippen LogP contribution < -0.4 is 5.32 Å². The van der Waals surface area contributed by atoms with Gasteiger partial charge in [0, 0.05) is 12.6 Å². The Bertz CT molecular complexity index is 1070. The van der Waals surface area contributed by atoms with E-state index in [1.165, 1.54) is 25.4 Å². The molecule has 0 aliphatic heterocycles. The molecule has 0 aliphatic rings. The summed E-state index contributed by atoms with van der Waals surface area (Å²) in [6, 6.07) is 10.6. The van der Waals surface area contributed by atoms with Crippen LogP contribution in [0.3, 0.4) is 0 Å². The first-order chi connectivity index (χ1) is 14.3. The molecular weight excluding hydrogens is 399 g/mol. The SMILES string of the molecule is COC(=O)[C@@H](Cc1cnc2ccccc2n1)NC(=O)Cc1cccc(C(F)(F)F)c1. The Balaban J connectivity index is 1.72. The Morgan fingerprint density at radius 1 is 1.10 bits per heavy atom. The second-order valence-electron chi connectivity index (χ2n) is 6.57. The van der Waals surface area contributed by atoms with Crippen LogP contribution in [0, 0.1) is 0 Å². The molecule has 9 heteroatoms. The molecule has 0 bridgehead atoms. The Hall–Kier alpha value is -3.49. The van der Waals surface area contributed by atoms with E-state index in [-0.39, 0.29) is 18.4 Å². The number of nitrogens with zero attached hydrogens (tertiary/aromatic N) is 2. The van der Waals surface area contributed by atoms with E-state index >= 15 is 0 Å². The fraction of sp³-hybridized carbons (Fsp3) is 0.238. The summed E-state index contributed by atoms with van der Waals surface area (Å²) >= 11 is 0. The van der Waals surface area contributed by atoms with Crippen LogP contribution in [0.5, 0.6) is 0 Å². The third kappa shape index (κ3) is 5.31. The van der Waals surface area contributed by atoms with Crippen molar-refractivity contribution in [3.8, 4) is 0 Å². The molecule has 0 saturated carbocycles. The standard InChI is InChI=1S/C21H18F3N3O3/c1-30-20(29)18(11-15-12-25-16-7-2-3-8-17(16)26-15)27-19(28)10-13-5-4-6-14(9-13)21(22,23)24/h2-9,12,18H,10-11H2,1H3,(H,27,28)/t18-/m1/s1. The smallest absolute Gasteiger partial charge is 0.416 e. The van der Waals surface area contributed by atoms with Crippen molar-refractivity contribution in [3.63, 3.8) is 0 Å². The summed E-state index contributed by atoms with van der Waals surface area (Å²) in [7, 11) is 1.18. The van der Waals surface area contributed by atoms with Gasteiger partial charge in [-0.2, -0.15) is 13.2 Å². The van der Waals surface area contributed by atoms with Crippen molar-refractivity contribution >= 4 is 22.9 Å². The fourth-order valence-corrected chi connectivity index (χ4v) is 2.93. The summed E-state index contributed by atoms with van der Waals surface area (Å²) in [5, 5.41) is 2.51. The van der Waals surface area contributed by atoms with Gasteiger partial charge in [-0.15, -0.1) is 0 Å². The van der Waals surface area contributed by atoms with Gasteiger partial charge >= 0.3 is 12.1 Å². The quantitative estimate of drug-likeness (QED) is 0.624. The predicted molar refractivity (Wildman–Crippen MR) is 102 cm³/mol. The van der Waals surface area contributed by atoms with E-state index in [0.717, 1.165) is 12.1 Å². The van der Waals surface area contributed by atoms with E-state index in [9.17, 15) is 22.8 Å². The molecule has 0 unspecified atom stereocenters. The number of halogens is 3. The van der Waals surface area contributed by atoms with Crippen molar-refractivity contribution in [2.24, 2.45) is 0 Å². The average Bonchev–Trinajstić information content (AvgIpc) is 2.72. The maximum Gasteiger partial charge on any atom is 0.416 e. The van der Waals surface area contributed by atoms with E-state index < -0.39 is 29.7 Å². The highest BCUT2D eigenvalue weighted by Gasteiger charge is 2.30. The van der Waals surface area contributed by atoms with Crippen LogP contribution in [-0.2, 0) is 33.3 Å². The highest BCUT2D eigenvalue weighted by Crippen LogP contribution is 2.29. The van der Waals surface area contributed by atoms with E-state index in [4.69, 9.17) is 4.74 Å². The fourth-order valence-electron chi connectivity index (χ4n) is 2.93. The first kappa shape index (κ1) is 21.2. The zero-order chi connectivity index (χ0) is 21.7. The maximum absolute atomic E-state index is 12.8. The number of carbonyl (C=O) groups excluding carboxylic acids is 2. The Labute approximate surface area is 170 Å². The number of nitrogens with one attached hydrogen (secondary N) is 1. The molecule has 6 nitrogen and oxygen atoms in total. The molecule has 3 aromatic rings. The minimum Gasteiger partial charge on any atom is -0.467 e. The average molecular weight is 417 g/mol. The number of para-hydroxylation sites is 2. The minimum absolute atomic E-state index is 0.0266. The highest BCUT2D eigenvalue weighted by atomic mass is 19.4. The molecule has 0 radical (unpaired) electrons. The van der Waals surface area contributed by atoms with Crippen LogP contribution in [0.25, 0.3) is 11.0 Å². The van der Waals surface area contributed by atoms with Gasteiger partial charge in [0.25, 0.3) is 0 Å². The van der Waals surface area contributed by atoms with Gasteiger partial charge in [-0.05, 0) is 23.8 Å². The van der Waals surface area contributed by atoms with Gasteiger partial charge in [0.05, 0.1) is 35.8 Å². The molecule has 1 N–H and O–H groups in total. The van der Waals surface area contributed by atoms with Crippen LogP contribution in [0.15, 0.2) is 54.7 Å². The van der Waals surface area contributed by atoms with Crippen molar-refractivity contribution in [3.05, 3.63) is 71.5 Å². The monoisotopic (exact) mass is 417 g/mol. The Kier molecular flexibility index (Phi) is 6.29. The third-order valence-electron chi connectivity index (χ3n) is 4.35. The first-order valence-corrected chi connectivity index (χ1v) is 9.00. The molecule has 156 valence electrons. The van der Waals surface area contributed by atoms with Crippen molar-refractivity contribution in [1.82, 2.24) is 15.3 Å². The normalized spacial score (nSPS) is 12.4. The van der Waals surface area contributed by atoms with Crippen LogP contribution in [0.4, 0.5) is 13.2 Å². The van der Waals surface area contributed by atoms with Gasteiger partial charge in [-0.25, -0.2) is 9.78 Å². The lowest BCUT2D eigenvalue weighted by atomic mass is 10.1. The molecule has 3 rings (SSSR count). The van der Waals surface area contributed by atoms with Gasteiger partial charge in [-0.1, -0.05) is 30.3 Å². The summed E-state index contributed by atoms with van der Waals surface area (Å²) in [6.07, 6.45) is -3.30. The van der Waals surface area contributed by atoms with Crippen molar-refractivity contribution < 1.29 is 27.5 Å². The van der Waals surface area contributed by atoms with E-state index in [1.807, 2.05) is 6.07 Å².